The van der Waals surface area contributed by atoms with Gasteiger partial charge in [-0.25, -0.2) is 0 Å². The predicted octanol–water partition coefficient (Wildman–Crippen LogP) is 0.662. The van der Waals surface area contributed by atoms with Crippen LogP contribution in [0.2, 0.25) is 0 Å². The minimum Gasteiger partial charge on any atom is -0.399 e. The van der Waals surface area contributed by atoms with Gasteiger partial charge < -0.3 is 10.5 Å². The largest absolute Gasteiger partial charge is 0.399 e. The van der Waals surface area contributed by atoms with Gasteiger partial charge in [-0.1, -0.05) is 0 Å². The van der Waals surface area contributed by atoms with Crippen molar-refractivity contribution in [1.29, 1.82) is 0 Å². The van der Waals surface area contributed by atoms with Crippen LogP contribution in [0.5, 0.6) is 0 Å². The van der Waals surface area contributed by atoms with E-state index in [0.29, 0.717) is 24.5 Å². The number of anilines is 2. The van der Waals surface area contributed by atoms with E-state index < -0.39 is 10.2 Å². The molecule has 1 heterocycles. The summed E-state index contributed by atoms with van der Waals surface area (Å²) < 4.78 is 33.2. The highest BCUT2D eigenvalue weighted by atomic mass is 32.2. The number of nitrogen functional groups attached to an aromatic ring is 1. The van der Waals surface area contributed by atoms with E-state index in [2.05, 4.69) is 4.72 Å². The number of fused-ring (bicyclic) bond motifs is 1. The number of hydrogen-bond donors (Lipinski definition) is 2. The molecule has 106 valence electrons. The number of benzene rings is 1. The Morgan fingerprint density at radius 2 is 2.32 bits per heavy atom. The van der Waals surface area contributed by atoms with Crippen LogP contribution in [-0.4, -0.2) is 41.0 Å². The summed E-state index contributed by atoms with van der Waals surface area (Å²) in [5.74, 6) is 0.724. The second-order valence-electron chi connectivity index (χ2n) is 4.04. The van der Waals surface area contributed by atoms with E-state index in [9.17, 15) is 8.42 Å². The molecule has 1 aliphatic heterocycles. The number of hydrogen-bond acceptors (Lipinski definition) is 5. The van der Waals surface area contributed by atoms with Crippen molar-refractivity contribution in [2.75, 3.05) is 42.6 Å². The average molecular weight is 303 g/mol. The Balaban J connectivity index is 2.25. The van der Waals surface area contributed by atoms with Crippen LogP contribution < -0.4 is 14.8 Å². The number of rotatable bonds is 5. The number of nitrogens with zero attached hydrogens (tertiary/aromatic N) is 1. The first kappa shape index (κ1) is 14.4. The second kappa shape index (κ2) is 6.00. The Labute approximate surface area is 117 Å². The fourth-order valence-corrected chi connectivity index (χ4v) is 4.20. The molecule has 0 amide bonds. The van der Waals surface area contributed by atoms with Gasteiger partial charge in [0.25, 0.3) is 0 Å². The van der Waals surface area contributed by atoms with Crippen molar-refractivity contribution in [3.63, 3.8) is 0 Å². The van der Waals surface area contributed by atoms with Gasteiger partial charge in [0.2, 0.25) is 0 Å². The lowest BCUT2D eigenvalue weighted by molar-refractivity contribution is 0.204. The lowest BCUT2D eigenvalue weighted by Crippen LogP contribution is -2.44. The highest BCUT2D eigenvalue weighted by Gasteiger charge is 2.27. The molecule has 0 bridgehead atoms. The van der Waals surface area contributed by atoms with Gasteiger partial charge in [-0.2, -0.15) is 13.1 Å². The van der Waals surface area contributed by atoms with Crippen LogP contribution in [-0.2, 0) is 14.9 Å². The van der Waals surface area contributed by atoms with Gasteiger partial charge >= 0.3 is 10.2 Å². The van der Waals surface area contributed by atoms with E-state index in [4.69, 9.17) is 10.5 Å². The Bertz CT molecular complexity index is 548. The zero-order valence-electron chi connectivity index (χ0n) is 10.6. The minimum atomic E-state index is -3.55. The molecule has 0 saturated carbocycles. The van der Waals surface area contributed by atoms with Gasteiger partial charge in [0.1, 0.15) is 0 Å². The summed E-state index contributed by atoms with van der Waals surface area (Å²) >= 11 is 1.63. The topological polar surface area (TPSA) is 84.7 Å². The Kier molecular flexibility index (Phi) is 4.56. The van der Waals surface area contributed by atoms with Gasteiger partial charge in [0.05, 0.1) is 12.3 Å². The average Bonchev–Trinajstić information content (AvgIpc) is 2.38. The molecule has 0 saturated heterocycles. The summed E-state index contributed by atoms with van der Waals surface area (Å²) in [5, 5.41) is 0. The van der Waals surface area contributed by atoms with Crippen molar-refractivity contribution in [2.45, 2.75) is 4.90 Å². The van der Waals surface area contributed by atoms with Gasteiger partial charge in [0.15, 0.2) is 0 Å². The molecule has 0 aromatic heterocycles. The SMILES string of the molecule is COCCNS(=O)(=O)N1CCSc2ccc(N)cc21. The molecule has 0 radical (unpaired) electrons. The number of thioether (sulfide) groups is 1. The minimum absolute atomic E-state index is 0.250. The number of nitrogens with one attached hydrogen (secondary N) is 1. The van der Waals surface area contributed by atoms with Gasteiger partial charge in [0, 0.05) is 36.5 Å². The summed E-state index contributed by atoms with van der Waals surface area (Å²) in [6.45, 7) is 1.02. The van der Waals surface area contributed by atoms with E-state index in [0.717, 1.165) is 10.6 Å². The molecule has 0 atom stereocenters. The molecule has 0 fully saturated rings. The van der Waals surface area contributed by atoms with E-state index in [1.165, 1.54) is 11.4 Å². The molecule has 1 aromatic carbocycles. The monoisotopic (exact) mass is 303 g/mol. The molecule has 6 nitrogen and oxygen atoms in total. The van der Waals surface area contributed by atoms with Crippen molar-refractivity contribution in [1.82, 2.24) is 4.72 Å². The first-order valence-electron chi connectivity index (χ1n) is 5.83. The zero-order chi connectivity index (χ0) is 13.9. The van der Waals surface area contributed by atoms with E-state index in [-0.39, 0.29) is 6.54 Å². The van der Waals surface area contributed by atoms with Crippen molar-refractivity contribution >= 4 is 33.3 Å². The van der Waals surface area contributed by atoms with Crippen molar-refractivity contribution in [2.24, 2.45) is 0 Å². The van der Waals surface area contributed by atoms with Crippen LogP contribution in [0.25, 0.3) is 0 Å². The highest BCUT2D eigenvalue weighted by molar-refractivity contribution is 7.99. The molecule has 0 spiro atoms. The first-order valence-corrected chi connectivity index (χ1v) is 8.26. The third kappa shape index (κ3) is 3.33. The lowest BCUT2D eigenvalue weighted by atomic mass is 10.3. The van der Waals surface area contributed by atoms with E-state index >= 15 is 0 Å². The van der Waals surface area contributed by atoms with Crippen LogP contribution in [0.4, 0.5) is 11.4 Å². The van der Waals surface area contributed by atoms with E-state index in [1.807, 2.05) is 6.07 Å². The second-order valence-corrected chi connectivity index (χ2v) is 6.86. The molecule has 2 rings (SSSR count). The van der Waals surface area contributed by atoms with Gasteiger partial charge in [-0.3, -0.25) is 4.31 Å². The fraction of sp³-hybridized carbons (Fsp3) is 0.455. The van der Waals surface area contributed by atoms with Crippen LogP contribution in [0.3, 0.4) is 0 Å². The van der Waals surface area contributed by atoms with Crippen LogP contribution in [0.1, 0.15) is 0 Å². The molecule has 1 aromatic rings. The molecular formula is C11H17N3O3S2. The summed E-state index contributed by atoms with van der Waals surface area (Å²) in [7, 11) is -2.02. The normalized spacial score (nSPS) is 15.3. The van der Waals surface area contributed by atoms with Gasteiger partial charge in [-0.15, -0.1) is 11.8 Å². The van der Waals surface area contributed by atoms with Crippen LogP contribution in [0.15, 0.2) is 23.1 Å². The summed E-state index contributed by atoms with van der Waals surface area (Å²) in [6, 6.07) is 5.32. The summed E-state index contributed by atoms with van der Waals surface area (Å²) in [5.41, 5.74) is 6.93. The quantitative estimate of drug-likeness (QED) is 0.617. The first-order chi connectivity index (χ1) is 9.04. The maximum absolute atomic E-state index is 12.2. The molecule has 19 heavy (non-hydrogen) atoms. The maximum atomic E-state index is 12.2. The third-order valence-electron chi connectivity index (χ3n) is 2.68. The predicted molar refractivity (Wildman–Crippen MR) is 77.7 cm³/mol. The molecule has 0 unspecified atom stereocenters. The molecular weight excluding hydrogens is 286 g/mol. The number of ether oxygens (including phenoxy) is 1. The lowest BCUT2D eigenvalue weighted by Gasteiger charge is -2.30. The maximum Gasteiger partial charge on any atom is 0.301 e. The molecule has 3 N–H and O–H groups in total. The Morgan fingerprint density at radius 3 is 3.05 bits per heavy atom. The van der Waals surface area contributed by atoms with E-state index in [1.54, 1.807) is 23.9 Å². The zero-order valence-corrected chi connectivity index (χ0v) is 12.3. The van der Waals surface area contributed by atoms with Crippen LogP contribution in [0, 0.1) is 0 Å². The Hall–Kier alpha value is -0.960. The number of methoxy groups -OCH3 is 1. The van der Waals surface area contributed by atoms with Gasteiger partial charge in [-0.05, 0) is 18.2 Å². The van der Waals surface area contributed by atoms with Crippen molar-refractivity contribution in [3.05, 3.63) is 18.2 Å². The van der Waals surface area contributed by atoms with Crippen molar-refractivity contribution in [3.8, 4) is 0 Å². The highest BCUT2D eigenvalue weighted by Crippen LogP contribution is 2.37. The fourth-order valence-electron chi connectivity index (χ4n) is 1.81. The number of nitrogens with two attached hydrogens (primary N) is 1. The standard InChI is InChI=1S/C11H17N3O3S2/c1-17-6-4-13-19(15,16)14-5-7-18-11-3-2-9(12)8-10(11)14/h2-3,8,13H,4-7,12H2,1H3. The van der Waals surface area contributed by atoms with Crippen molar-refractivity contribution < 1.29 is 13.2 Å². The molecule has 1 aliphatic rings. The smallest absolute Gasteiger partial charge is 0.301 e. The summed E-state index contributed by atoms with van der Waals surface area (Å²) in [4.78, 5) is 0.928. The van der Waals surface area contributed by atoms with Crippen LogP contribution >= 0.6 is 11.8 Å². The molecule has 8 heteroatoms. The third-order valence-corrected chi connectivity index (χ3v) is 5.26. The Morgan fingerprint density at radius 1 is 1.53 bits per heavy atom. The molecule has 0 aliphatic carbocycles. The summed E-state index contributed by atoms with van der Waals surface area (Å²) in [6.07, 6.45) is 0.